The topological polar surface area (TPSA) is 126 Å². The third-order valence-electron chi connectivity index (χ3n) is 6.09. The molecule has 2 N–H and O–H groups in total. The zero-order chi connectivity index (χ0) is 27.2. The quantitative estimate of drug-likeness (QED) is 0.224. The highest BCUT2D eigenvalue weighted by atomic mass is 32.2. The number of rotatable bonds is 12. The number of benzene rings is 2. The van der Waals surface area contributed by atoms with Gasteiger partial charge in [0.1, 0.15) is 27.8 Å². The highest BCUT2D eigenvalue weighted by Gasteiger charge is 2.18. The standard InChI is InChI=1S/C27H28FN7O3S/c1-39(36,37)11-9-29-8-3-10-38-26-14-23-25(16-30-26)31-18-32-27(23)35(17-19-4-2-5-21(28)12-19)22-6-7-24-20(13-22)15-33-34-24/h2,4-7,12-16,18,29H,3,8-11,17H2,1H3,(H,33,34). The molecule has 2 aromatic carbocycles. The summed E-state index contributed by atoms with van der Waals surface area (Å²) in [5.74, 6) is 0.839. The number of ether oxygens (including phenoxy) is 1. The number of nitrogens with one attached hydrogen (secondary N) is 2. The van der Waals surface area contributed by atoms with E-state index in [9.17, 15) is 12.8 Å². The van der Waals surface area contributed by atoms with E-state index in [-0.39, 0.29) is 11.6 Å². The second-order valence-corrected chi connectivity index (χ2v) is 11.4. The first kappa shape index (κ1) is 26.4. The number of halogens is 1. The number of hydrogen-bond acceptors (Lipinski definition) is 9. The van der Waals surface area contributed by atoms with Crippen molar-refractivity contribution in [3.8, 4) is 5.88 Å². The molecular formula is C27H28FN7O3S. The van der Waals surface area contributed by atoms with Gasteiger partial charge in [-0.25, -0.2) is 27.8 Å². The second kappa shape index (κ2) is 11.7. The lowest BCUT2D eigenvalue weighted by molar-refractivity contribution is 0.298. The van der Waals surface area contributed by atoms with Crippen LogP contribution in [0.25, 0.3) is 21.8 Å². The monoisotopic (exact) mass is 549 g/mol. The van der Waals surface area contributed by atoms with E-state index in [1.807, 2.05) is 29.2 Å². The minimum absolute atomic E-state index is 0.0997. The molecule has 3 heterocycles. The molecule has 202 valence electrons. The lowest BCUT2D eigenvalue weighted by Gasteiger charge is -2.25. The molecule has 0 saturated carbocycles. The fourth-order valence-corrected chi connectivity index (χ4v) is 4.70. The van der Waals surface area contributed by atoms with E-state index >= 15 is 0 Å². The lowest BCUT2D eigenvalue weighted by Crippen LogP contribution is -2.24. The number of fused-ring (bicyclic) bond motifs is 2. The maximum atomic E-state index is 14.1. The molecule has 0 unspecified atom stereocenters. The van der Waals surface area contributed by atoms with Gasteiger partial charge in [0.15, 0.2) is 0 Å². The van der Waals surface area contributed by atoms with E-state index in [1.165, 1.54) is 24.7 Å². The van der Waals surface area contributed by atoms with Gasteiger partial charge in [0, 0.05) is 36.5 Å². The van der Waals surface area contributed by atoms with Gasteiger partial charge in [-0.3, -0.25) is 5.10 Å². The predicted molar refractivity (Wildman–Crippen MR) is 148 cm³/mol. The van der Waals surface area contributed by atoms with Crippen molar-refractivity contribution in [1.29, 1.82) is 0 Å². The number of H-pyrrole nitrogens is 1. The first-order valence-electron chi connectivity index (χ1n) is 12.4. The van der Waals surface area contributed by atoms with Gasteiger partial charge in [-0.1, -0.05) is 12.1 Å². The Morgan fingerprint density at radius 1 is 1.05 bits per heavy atom. The van der Waals surface area contributed by atoms with Crippen LogP contribution in [-0.2, 0) is 16.4 Å². The Bertz CT molecular complexity index is 1690. The van der Waals surface area contributed by atoms with Gasteiger partial charge in [-0.15, -0.1) is 0 Å². The van der Waals surface area contributed by atoms with Crippen LogP contribution in [0, 0.1) is 5.82 Å². The fraction of sp³-hybridized carbons (Fsp3) is 0.259. The minimum Gasteiger partial charge on any atom is -0.478 e. The Morgan fingerprint density at radius 2 is 1.95 bits per heavy atom. The van der Waals surface area contributed by atoms with Crippen molar-refractivity contribution in [2.45, 2.75) is 13.0 Å². The van der Waals surface area contributed by atoms with E-state index in [1.54, 1.807) is 24.5 Å². The summed E-state index contributed by atoms with van der Waals surface area (Å²) in [7, 11) is -2.98. The molecule has 0 bridgehead atoms. The van der Waals surface area contributed by atoms with Crippen LogP contribution in [0.15, 0.2) is 67.3 Å². The zero-order valence-electron chi connectivity index (χ0n) is 21.3. The molecule has 0 amide bonds. The van der Waals surface area contributed by atoms with Crippen LogP contribution in [0.1, 0.15) is 12.0 Å². The summed E-state index contributed by atoms with van der Waals surface area (Å²) in [6.07, 6.45) is 6.77. The van der Waals surface area contributed by atoms with Crippen molar-refractivity contribution < 1.29 is 17.5 Å². The average molecular weight is 550 g/mol. The Balaban J connectivity index is 1.40. The molecule has 5 aromatic rings. The Hall–Kier alpha value is -4.16. The number of aromatic nitrogens is 5. The van der Waals surface area contributed by atoms with E-state index < -0.39 is 9.84 Å². The summed E-state index contributed by atoms with van der Waals surface area (Å²) in [4.78, 5) is 15.4. The van der Waals surface area contributed by atoms with Crippen molar-refractivity contribution in [2.75, 3.05) is 36.6 Å². The van der Waals surface area contributed by atoms with E-state index in [2.05, 4.69) is 30.5 Å². The smallest absolute Gasteiger partial charge is 0.214 e. The number of aromatic amines is 1. The van der Waals surface area contributed by atoms with Gasteiger partial charge < -0.3 is 15.0 Å². The van der Waals surface area contributed by atoms with Gasteiger partial charge in [-0.05, 0) is 48.9 Å². The van der Waals surface area contributed by atoms with Crippen LogP contribution >= 0.6 is 0 Å². The summed E-state index contributed by atoms with van der Waals surface area (Å²) in [5.41, 5.74) is 3.18. The number of pyridine rings is 1. The first-order chi connectivity index (χ1) is 18.9. The Kier molecular flexibility index (Phi) is 7.94. The Labute approximate surface area is 225 Å². The van der Waals surface area contributed by atoms with Crippen LogP contribution in [-0.4, -0.2) is 65.3 Å². The zero-order valence-corrected chi connectivity index (χ0v) is 22.2. The van der Waals surface area contributed by atoms with Gasteiger partial charge in [0.25, 0.3) is 0 Å². The summed E-state index contributed by atoms with van der Waals surface area (Å²) < 4.78 is 42.4. The predicted octanol–water partition coefficient (Wildman–Crippen LogP) is 3.78. The SMILES string of the molecule is CS(=O)(=O)CCNCCCOc1cc2c(N(Cc3cccc(F)c3)c3ccc4[nH]ncc4c3)ncnc2cn1. The van der Waals surface area contributed by atoms with Crippen LogP contribution in [0.3, 0.4) is 0 Å². The van der Waals surface area contributed by atoms with Gasteiger partial charge in [0.2, 0.25) is 5.88 Å². The lowest BCUT2D eigenvalue weighted by atomic mass is 10.1. The minimum atomic E-state index is -2.98. The molecule has 12 heteroatoms. The van der Waals surface area contributed by atoms with Crippen molar-refractivity contribution in [3.05, 3.63) is 78.6 Å². The van der Waals surface area contributed by atoms with Crippen LogP contribution in [0.4, 0.5) is 15.9 Å². The van der Waals surface area contributed by atoms with Crippen LogP contribution in [0.2, 0.25) is 0 Å². The van der Waals surface area contributed by atoms with Crippen molar-refractivity contribution in [3.63, 3.8) is 0 Å². The van der Waals surface area contributed by atoms with Gasteiger partial charge >= 0.3 is 0 Å². The molecule has 0 fully saturated rings. The van der Waals surface area contributed by atoms with E-state index in [0.717, 1.165) is 27.5 Å². The summed E-state index contributed by atoms with van der Waals surface area (Å²) in [5, 5.41) is 11.8. The Morgan fingerprint density at radius 3 is 2.79 bits per heavy atom. The highest BCUT2D eigenvalue weighted by molar-refractivity contribution is 7.90. The van der Waals surface area contributed by atoms with Crippen molar-refractivity contribution in [2.24, 2.45) is 0 Å². The molecular weight excluding hydrogens is 521 g/mol. The number of hydrogen-bond donors (Lipinski definition) is 2. The van der Waals surface area contributed by atoms with Crippen LogP contribution in [0.5, 0.6) is 5.88 Å². The number of anilines is 2. The molecule has 5 rings (SSSR count). The third kappa shape index (κ3) is 6.84. The summed E-state index contributed by atoms with van der Waals surface area (Å²) >= 11 is 0. The summed E-state index contributed by atoms with van der Waals surface area (Å²) in [6.45, 7) is 1.79. The molecule has 0 aliphatic rings. The van der Waals surface area contributed by atoms with Gasteiger partial charge in [-0.2, -0.15) is 5.10 Å². The average Bonchev–Trinajstić information content (AvgIpc) is 3.38. The molecule has 3 aromatic heterocycles. The van der Waals surface area contributed by atoms with Crippen LogP contribution < -0.4 is 15.0 Å². The van der Waals surface area contributed by atoms with Crippen molar-refractivity contribution in [1.82, 2.24) is 30.5 Å². The molecule has 39 heavy (non-hydrogen) atoms. The highest BCUT2D eigenvalue weighted by Crippen LogP contribution is 2.33. The first-order valence-corrected chi connectivity index (χ1v) is 14.5. The summed E-state index contributed by atoms with van der Waals surface area (Å²) in [6, 6.07) is 14.2. The maximum Gasteiger partial charge on any atom is 0.214 e. The molecule has 10 nitrogen and oxygen atoms in total. The molecule has 0 spiro atoms. The molecule has 0 saturated heterocycles. The normalized spacial score (nSPS) is 11.7. The van der Waals surface area contributed by atoms with Crippen molar-refractivity contribution >= 4 is 43.1 Å². The third-order valence-corrected chi connectivity index (χ3v) is 7.04. The van der Waals surface area contributed by atoms with E-state index in [4.69, 9.17) is 4.74 Å². The molecule has 0 atom stereocenters. The number of nitrogens with zero attached hydrogens (tertiary/aromatic N) is 5. The fourth-order valence-electron chi connectivity index (χ4n) is 4.18. The maximum absolute atomic E-state index is 14.1. The molecule has 0 radical (unpaired) electrons. The number of sulfone groups is 1. The second-order valence-electron chi connectivity index (χ2n) is 9.18. The van der Waals surface area contributed by atoms with Gasteiger partial charge in [0.05, 0.1) is 41.2 Å². The largest absolute Gasteiger partial charge is 0.478 e. The van der Waals surface area contributed by atoms with E-state index in [0.29, 0.717) is 49.9 Å². The molecule has 0 aliphatic heterocycles. The molecule has 0 aliphatic carbocycles.